The summed E-state index contributed by atoms with van der Waals surface area (Å²) in [6.45, 7) is 9.15. The molecule has 1 aliphatic rings. The molecule has 134 valence electrons. The molecule has 2 aromatic rings. The van der Waals surface area contributed by atoms with Crippen LogP contribution in [0.15, 0.2) is 28.8 Å². The molecule has 3 rings (SSSR count). The molecule has 0 spiro atoms. The van der Waals surface area contributed by atoms with E-state index in [9.17, 15) is 9.90 Å². The van der Waals surface area contributed by atoms with Crippen molar-refractivity contribution in [2.75, 3.05) is 32.7 Å². The van der Waals surface area contributed by atoms with Gasteiger partial charge in [0.05, 0.1) is 11.8 Å². The van der Waals surface area contributed by atoms with Crippen LogP contribution in [0.4, 0.5) is 0 Å². The fourth-order valence-electron chi connectivity index (χ4n) is 3.22. The molecule has 1 aliphatic heterocycles. The second-order valence-corrected chi connectivity index (χ2v) is 6.80. The lowest BCUT2D eigenvalue weighted by molar-refractivity contribution is 0.0495. The molecule has 6 heteroatoms. The van der Waals surface area contributed by atoms with E-state index in [4.69, 9.17) is 4.52 Å². The summed E-state index contributed by atoms with van der Waals surface area (Å²) in [5.41, 5.74) is 3.94. The van der Waals surface area contributed by atoms with E-state index in [-0.39, 0.29) is 5.91 Å². The van der Waals surface area contributed by atoms with Crippen molar-refractivity contribution in [3.05, 3.63) is 52.4 Å². The fraction of sp³-hybridized carbons (Fsp3) is 0.474. The van der Waals surface area contributed by atoms with Crippen molar-refractivity contribution in [2.24, 2.45) is 0 Å². The second kappa shape index (κ2) is 7.37. The predicted octanol–water partition coefficient (Wildman–Crippen LogP) is 2.09. The Balaban J connectivity index is 1.55. The second-order valence-electron chi connectivity index (χ2n) is 6.80. The van der Waals surface area contributed by atoms with Crippen molar-refractivity contribution in [2.45, 2.75) is 26.9 Å². The van der Waals surface area contributed by atoms with Gasteiger partial charge in [0.2, 0.25) is 5.76 Å². The van der Waals surface area contributed by atoms with E-state index < -0.39 is 6.10 Å². The fourth-order valence-corrected chi connectivity index (χ4v) is 3.22. The van der Waals surface area contributed by atoms with Gasteiger partial charge >= 0.3 is 0 Å². The SMILES string of the molecule is Cc1ccc(C)c([C@@H](O)CN2CCN(C(=O)c3cc(C)no3)CC2)c1. The molecule has 0 bridgehead atoms. The van der Waals surface area contributed by atoms with Crippen molar-refractivity contribution in [1.82, 2.24) is 15.0 Å². The lowest BCUT2D eigenvalue weighted by Crippen LogP contribution is -2.49. The van der Waals surface area contributed by atoms with Gasteiger partial charge in [0, 0.05) is 38.8 Å². The summed E-state index contributed by atoms with van der Waals surface area (Å²) in [5.74, 6) is 0.177. The quantitative estimate of drug-likeness (QED) is 0.920. The van der Waals surface area contributed by atoms with Gasteiger partial charge in [0.1, 0.15) is 0 Å². The number of rotatable bonds is 4. The van der Waals surface area contributed by atoms with E-state index in [0.29, 0.717) is 31.1 Å². The monoisotopic (exact) mass is 343 g/mol. The molecule has 2 heterocycles. The van der Waals surface area contributed by atoms with Crippen molar-refractivity contribution in [3.8, 4) is 0 Å². The van der Waals surface area contributed by atoms with Gasteiger partial charge in [-0.2, -0.15) is 0 Å². The number of carbonyl (C=O) groups excluding carboxylic acids is 1. The van der Waals surface area contributed by atoms with Crippen LogP contribution in [0.25, 0.3) is 0 Å². The maximum absolute atomic E-state index is 12.4. The summed E-state index contributed by atoms with van der Waals surface area (Å²) in [4.78, 5) is 16.3. The lowest BCUT2D eigenvalue weighted by Gasteiger charge is -2.35. The zero-order valence-electron chi connectivity index (χ0n) is 15.0. The lowest BCUT2D eigenvalue weighted by atomic mass is 10.0. The summed E-state index contributed by atoms with van der Waals surface area (Å²) in [5, 5.41) is 14.4. The van der Waals surface area contributed by atoms with Gasteiger partial charge in [0.25, 0.3) is 5.91 Å². The number of hydrogen-bond donors (Lipinski definition) is 1. The molecular weight excluding hydrogens is 318 g/mol. The van der Waals surface area contributed by atoms with Crippen molar-refractivity contribution in [1.29, 1.82) is 0 Å². The number of aliphatic hydroxyl groups is 1. The van der Waals surface area contributed by atoms with E-state index in [1.54, 1.807) is 17.9 Å². The maximum Gasteiger partial charge on any atom is 0.292 e. The topological polar surface area (TPSA) is 69.8 Å². The highest BCUT2D eigenvalue weighted by Gasteiger charge is 2.26. The number of aliphatic hydroxyl groups excluding tert-OH is 1. The first-order valence-electron chi connectivity index (χ1n) is 8.64. The van der Waals surface area contributed by atoms with Crippen molar-refractivity contribution >= 4 is 5.91 Å². The number of β-amino-alcohol motifs (C(OH)–C–C–N with tert-alkyl or cyclic N) is 1. The largest absolute Gasteiger partial charge is 0.387 e. The highest BCUT2D eigenvalue weighted by molar-refractivity contribution is 5.91. The van der Waals surface area contributed by atoms with E-state index in [1.807, 2.05) is 26.0 Å². The molecule has 1 amide bonds. The van der Waals surface area contributed by atoms with Crippen LogP contribution in [0.3, 0.4) is 0 Å². The zero-order valence-corrected chi connectivity index (χ0v) is 15.0. The van der Waals surface area contributed by atoms with Crippen LogP contribution in [-0.2, 0) is 0 Å². The smallest absolute Gasteiger partial charge is 0.292 e. The number of hydrogen-bond acceptors (Lipinski definition) is 5. The summed E-state index contributed by atoms with van der Waals surface area (Å²) < 4.78 is 5.06. The van der Waals surface area contributed by atoms with E-state index in [0.717, 1.165) is 29.8 Å². The van der Waals surface area contributed by atoms with Crippen LogP contribution in [-0.4, -0.2) is 58.7 Å². The molecule has 1 N–H and O–H groups in total. The van der Waals surface area contributed by atoms with E-state index in [2.05, 4.69) is 16.1 Å². The molecule has 0 unspecified atom stereocenters. The molecule has 0 radical (unpaired) electrons. The van der Waals surface area contributed by atoms with Crippen molar-refractivity contribution in [3.63, 3.8) is 0 Å². The van der Waals surface area contributed by atoms with Crippen LogP contribution < -0.4 is 0 Å². The van der Waals surface area contributed by atoms with Gasteiger partial charge in [-0.05, 0) is 31.9 Å². The van der Waals surface area contributed by atoms with E-state index >= 15 is 0 Å². The van der Waals surface area contributed by atoms with Gasteiger partial charge in [-0.15, -0.1) is 0 Å². The first kappa shape index (κ1) is 17.6. The number of nitrogens with zero attached hydrogens (tertiary/aromatic N) is 3. The summed E-state index contributed by atoms with van der Waals surface area (Å²) in [7, 11) is 0. The van der Waals surface area contributed by atoms with Gasteiger partial charge in [0.15, 0.2) is 0 Å². The number of amides is 1. The average molecular weight is 343 g/mol. The van der Waals surface area contributed by atoms with E-state index in [1.165, 1.54) is 0 Å². The van der Waals surface area contributed by atoms with Gasteiger partial charge < -0.3 is 14.5 Å². The van der Waals surface area contributed by atoms with Gasteiger partial charge in [-0.1, -0.05) is 28.9 Å². The van der Waals surface area contributed by atoms with Crippen LogP contribution in [0.1, 0.15) is 39.0 Å². The normalized spacial score (nSPS) is 16.9. The molecule has 0 saturated carbocycles. The molecule has 1 aromatic carbocycles. The summed E-state index contributed by atoms with van der Waals surface area (Å²) in [6, 6.07) is 7.82. The zero-order chi connectivity index (χ0) is 18.0. The number of piperazine rings is 1. The Morgan fingerprint density at radius 3 is 2.56 bits per heavy atom. The highest BCUT2D eigenvalue weighted by atomic mass is 16.5. The molecule has 1 fully saturated rings. The van der Waals surface area contributed by atoms with Gasteiger partial charge in [-0.3, -0.25) is 9.69 Å². The Labute approximate surface area is 148 Å². The Kier molecular flexibility index (Phi) is 5.20. The molecule has 0 aliphatic carbocycles. The van der Waals surface area contributed by atoms with Crippen LogP contribution in [0, 0.1) is 20.8 Å². The first-order chi connectivity index (χ1) is 11.9. The first-order valence-corrected chi connectivity index (χ1v) is 8.64. The third-order valence-electron chi connectivity index (χ3n) is 4.72. The summed E-state index contributed by atoms with van der Waals surface area (Å²) in [6.07, 6.45) is -0.515. The Morgan fingerprint density at radius 2 is 1.92 bits per heavy atom. The maximum atomic E-state index is 12.4. The minimum atomic E-state index is -0.515. The Hall–Kier alpha value is -2.18. The minimum Gasteiger partial charge on any atom is -0.387 e. The molecule has 25 heavy (non-hydrogen) atoms. The number of aromatic nitrogens is 1. The third-order valence-corrected chi connectivity index (χ3v) is 4.72. The van der Waals surface area contributed by atoms with Crippen molar-refractivity contribution < 1.29 is 14.4 Å². The number of carbonyl (C=O) groups is 1. The molecule has 1 aromatic heterocycles. The van der Waals surface area contributed by atoms with Crippen LogP contribution in [0.5, 0.6) is 0 Å². The number of benzene rings is 1. The standard InChI is InChI=1S/C19H25N3O3/c1-13-4-5-14(2)16(10-13)17(23)12-21-6-8-22(9-7-21)19(24)18-11-15(3)20-25-18/h4-5,10-11,17,23H,6-9,12H2,1-3H3/t17-/m0/s1. The molecular formula is C19H25N3O3. The molecule has 6 nitrogen and oxygen atoms in total. The summed E-state index contributed by atoms with van der Waals surface area (Å²) >= 11 is 0. The number of aryl methyl sites for hydroxylation is 3. The Morgan fingerprint density at radius 1 is 1.20 bits per heavy atom. The molecule has 1 saturated heterocycles. The van der Waals surface area contributed by atoms with Gasteiger partial charge in [-0.25, -0.2) is 0 Å². The average Bonchev–Trinajstić information content (AvgIpc) is 3.03. The van der Waals surface area contributed by atoms with Crippen LogP contribution >= 0.6 is 0 Å². The van der Waals surface area contributed by atoms with Crippen LogP contribution in [0.2, 0.25) is 0 Å². The predicted molar refractivity (Wildman–Crippen MR) is 94.5 cm³/mol. The highest BCUT2D eigenvalue weighted by Crippen LogP contribution is 2.21. The Bertz CT molecular complexity index is 748. The third kappa shape index (κ3) is 4.08. The minimum absolute atomic E-state index is 0.115. The molecule has 1 atom stereocenters.